The fraction of sp³-hybridized carbons (Fsp3) is 0.571. The SMILES string of the molecule is CCOc1cc(N2CCOCC2)c(OCC)cc1[N+]#N.F.F.F.F.F.O=[P+]=O.[F-]. The minimum absolute atomic E-state index is 0. The smallest absolute Gasteiger partial charge is 1.00 e. The summed E-state index contributed by atoms with van der Waals surface area (Å²) in [6.45, 7) is 7.89. The number of hydrogen-bond donors (Lipinski definition) is 0. The van der Waals surface area contributed by atoms with Gasteiger partial charge in [0.05, 0.1) is 38.2 Å². The van der Waals surface area contributed by atoms with E-state index >= 15 is 0 Å². The first-order valence-electron chi connectivity index (χ1n) is 7.28. The van der Waals surface area contributed by atoms with Gasteiger partial charge in [0.1, 0.15) is 0 Å². The second-order valence-corrected chi connectivity index (χ2v) is 4.58. The molecule has 0 aliphatic carbocycles. The molecule has 172 valence electrons. The monoisotopic (exact) mass is 460 g/mol. The molecule has 0 saturated carbocycles. The fourth-order valence-corrected chi connectivity index (χ4v) is 2.21. The molecule has 0 spiro atoms. The summed E-state index contributed by atoms with van der Waals surface area (Å²) < 4.78 is 33.2. The van der Waals surface area contributed by atoms with Gasteiger partial charge in [0.2, 0.25) is 11.1 Å². The maximum absolute atomic E-state index is 9.09. The van der Waals surface area contributed by atoms with Crippen LogP contribution < -0.4 is 19.1 Å². The molecule has 0 N–H and O–H groups in total. The van der Waals surface area contributed by atoms with E-state index in [9.17, 15) is 0 Å². The van der Waals surface area contributed by atoms with Crippen LogP contribution in [-0.4, -0.2) is 39.5 Å². The van der Waals surface area contributed by atoms with Crippen molar-refractivity contribution in [1.29, 1.82) is 5.39 Å². The number of morpholine rings is 1. The number of benzene rings is 1. The summed E-state index contributed by atoms with van der Waals surface area (Å²) in [4.78, 5) is 5.46. The molecule has 0 unspecified atom stereocenters. The third-order valence-electron chi connectivity index (χ3n) is 3.10. The zero-order valence-electron chi connectivity index (χ0n) is 15.6. The number of hydrogen-bond acceptors (Lipinski definition) is 7. The normalized spacial score (nSPS) is 10.4. The molecule has 1 fully saturated rings. The predicted molar refractivity (Wildman–Crippen MR) is 97.4 cm³/mol. The van der Waals surface area contributed by atoms with Crippen LogP contribution in [0, 0.1) is 5.39 Å². The Hall–Kier alpha value is -2.39. The van der Waals surface area contributed by atoms with E-state index in [-0.39, 0.29) is 28.2 Å². The van der Waals surface area contributed by atoms with Gasteiger partial charge in [-0.15, -0.1) is 0 Å². The molecule has 1 aliphatic heterocycles. The summed E-state index contributed by atoms with van der Waals surface area (Å²) in [5.41, 5.74) is 1.33. The van der Waals surface area contributed by atoms with Gasteiger partial charge < -0.3 is 23.8 Å². The quantitative estimate of drug-likeness (QED) is 0.370. The third kappa shape index (κ3) is 12.6. The molecule has 0 amide bonds. The average Bonchev–Trinajstić information content (AvgIpc) is 2.58. The third-order valence-corrected chi connectivity index (χ3v) is 3.10. The van der Waals surface area contributed by atoms with E-state index in [1.165, 1.54) is 0 Å². The zero-order chi connectivity index (χ0) is 17.1. The summed E-state index contributed by atoms with van der Waals surface area (Å²) in [5.74, 6) is 1.26. The van der Waals surface area contributed by atoms with Crippen molar-refractivity contribution in [3.63, 3.8) is 0 Å². The molecule has 1 aliphatic rings. The van der Waals surface area contributed by atoms with Crippen LogP contribution in [0.2, 0.25) is 0 Å². The van der Waals surface area contributed by atoms with E-state index in [1.807, 2.05) is 19.9 Å². The van der Waals surface area contributed by atoms with Crippen molar-refractivity contribution in [3.05, 3.63) is 17.1 Å². The molecule has 8 nitrogen and oxygen atoms in total. The summed E-state index contributed by atoms with van der Waals surface area (Å²) in [6, 6.07) is 3.58. The van der Waals surface area contributed by atoms with Gasteiger partial charge >= 0.3 is 23.2 Å². The fourth-order valence-electron chi connectivity index (χ4n) is 2.21. The first kappa shape index (κ1) is 41.1. The Morgan fingerprint density at radius 1 is 1.00 bits per heavy atom. The molecule has 1 aromatic rings. The van der Waals surface area contributed by atoms with E-state index < -0.39 is 8.34 Å². The molecular weight excluding hydrogens is 435 g/mol. The van der Waals surface area contributed by atoms with Crippen molar-refractivity contribution < 1.29 is 51.6 Å². The second kappa shape index (κ2) is 23.6. The van der Waals surface area contributed by atoms with E-state index in [0.717, 1.165) is 18.8 Å². The number of diazo groups is 1. The number of nitrogens with zero attached hydrogens (tertiary/aromatic N) is 3. The van der Waals surface area contributed by atoms with Crippen molar-refractivity contribution in [1.82, 2.24) is 0 Å². The van der Waals surface area contributed by atoms with Gasteiger partial charge in [-0.1, -0.05) is 0 Å². The molecule has 0 bridgehead atoms. The van der Waals surface area contributed by atoms with Gasteiger partial charge in [0, 0.05) is 19.2 Å². The molecule has 2 rings (SSSR count). The van der Waals surface area contributed by atoms with Gasteiger partial charge in [-0.25, -0.2) is 0 Å². The summed E-state index contributed by atoms with van der Waals surface area (Å²) in [5, 5.41) is 9.09. The van der Waals surface area contributed by atoms with Gasteiger partial charge in [-0.05, 0) is 13.8 Å². The van der Waals surface area contributed by atoms with E-state index in [4.69, 9.17) is 28.7 Å². The Labute approximate surface area is 164 Å². The largest absolute Gasteiger partial charge is 1.00 e. The Morgan fingerprint density at radius 2 is 1.45 bits per heavy atom. The zero-order valence-corrected chi connectivity index (χ0v) is 16.5. The molecule has 1 saturated heterocycles. The molecule has 0 aromatic heterocycles. The second-order valence-electron chi connectivity index (χ2n) is 4.43. The van der Waals surface area contributed by atoms with Crippen LogP contribution in [0.15, 0.2) is 12.1 Å². The van der Waals surface area contributed by atoms with E-state index in [2.05, 4.69) is 9.88 Å². The predicted octanol–water partition coefficient (Wildman–Crippen LogP) is 1.20. The molecule has 0 radical (unpaired) electrons. The Bertz CT molecular complexity index is 600. The Morgan fingerprint density at radius 3 is 1.86 bits per heavy atom. The van der Waals surface area contributed by atoms with Crippen molar-refractivity contribution in [2.45, 2.75) is 13.8 Å². The van der Waals surface area contributed by atoms with Crippen LogP contribution in [0.1, 0.15) is 13.8 Å². The summed E-state index contributed by atoms with van der Waals surface area (Å²) in [6.07, 6.45) is 0. The Kier molecular flexibility index (Phi) is 33.5. The van der Waals surface area contributed by atoms with Crippen LogP contribution in [0.3, 0.4) is 0 Å². The first-order valence-corrected chi connectivity index (χ1v) is 8.01. The van der Waals surface area contributed by atoms with Crippen molar-refractivity contribution in [3.8, 4) is 11.5 Å². The number of halogens is 6. The van der Waals surface area contributed by atoms with E-state index in [0.29, 0.717) is 43.6 Å². The van der Waals surface area contributed by atoms with Crippen molar-refractivity contribution in [2.75, 3.05) is 44.4 Å². The number of ether oxygens (including phenoxy) is 3. The molecule has 0 atom stereocenters. The standard InChI is InChI=1S/C14H20N3O3.6FH.O2P/c1-3-19-13-10-12(17-5-7-18-8-6-17)14(20-4-2)9-11(13)16-15;;;;;;;1-3-2/h9-10H,3-8H2,1-2H3;6*1H;/q+1;;;;;;;+1/p-1. The van der Waals surface area contributed by atoms with Gasteiger partial charge in [-0.3, -0.25) is 23.5 Å². The minimum Gasteiger partial charge on any atom is -1.00 e. The van der Waals surface area contributed by atoms with Crippen LogP contribution in [0.25, 0.3) is 4.98 Å². The van der Waals surface area contributed by atoms with Crippen LogP contribution >= 0.6 is 8.34 Å². The number of anilines is 1. The maximum Gasteiger partial charge on any atom is -1.00 e. The first-order chi connectivity index (χ1) is 11.2. The maximum atomic E-state index is 9.09. The summed E-state index contributed by atoms with van der Waals surface area (Å²) >= 11 is 0. The van der Waals surface area contributed by atoms with Crippen LogP contribution in [0.5, 0.6) is 11.5 Å². The van der Waals surface area contributed by atoms with Gasteiger partial charge in [0.25, 0.3) is 0 Å². The van der Waals surface area contributed by atoms with Crippen LogP contribution in [0.4, 0.5) is 34.9 Å². The molecule has 1 heterocycles. The average molecular weight is 460 g/mol. The van der Waals surface area contributed by atoms with Crippen molar-refractivity contribution in [2.24, 2.45) is 0 Å². The van der Waals surface area contributed by atoms with Gasteiger partial charge in [0.15, 0.2) is 10.7 Å². The van der Waals surface area contributed by atoms with E-state index in [1.54, 1.807) is 6.07 Å². The molecule has 15 heteroatoms. The molecule has 29 heavy (non-hydrogen) atoms. The summed E-state index contributed by atoms with van der Waals surface area (Å²) in [7, 11) is -1.08. The van der Waals surface area contributed by atoms with Crippen LogP contribution in [-0.2, 0) is 13.9 Å². The number of rotatable bonds is 5. The van der Waals surface area contributed by atoms with Crippen molar-refractivity contribution >= 4 is 19.7 Å². The topological polar surface area (TPSA) is 93.2 Å². The van der Waals surface area contributed by atoms with Gasteiger partial charge in [-0.2, -0.15) is 0 Å². The molecule has 1 aromatic carbocycles. The molecular formula is C14H25F6N3O5P+. The Balaban J connectivity index is -0.000000139. The minimum atomic E-state index is -1.08.